The Morgan fingerprint density at radius 1 is 0.562 bits per heavy atom. The van der Waals surface area contributed by atoms with E-state index in [1.54, 1.807) is 12.4 Å². The monoisotopic (exact) mass is 788 g/mol. The van der Waals surface area contributed by atoms with E-state index in [1.807, 2.05) is 48.8 Å². The predicted molar refractivity (Wildman–Crippen MR) is 150 cm³/mol. The van der Waals surface area contributed by atoms with E-state index in [-0.39, 0.29) is 102 Å². The molecule has 184 valence electrons. The van der Waals surface area contributed by atoms with Crippen molar-refractivity contribution >= 4 is 91.7 Å². The molecule has 10 heteroatoms. The van der Waals surface area contributed by atoms with E-state index in [2.05, 4.69) is 37.7 Å². The zero-order chi connectivity index (χ0) is 18.5. The molecule has 0 bridgehead atoms. The topological polar surface area (TPSA) is 50.5 Å². The SMILES string of the molecule is Br.Br.Br.Br.Cc1c(C)c(N=Cc2ccccn2)c(C)c(C)c1N=Cc1ccccn1.[Cu].[Cu]. The van der Waals surface area contributed by atoms with Crippen molar-refractivity contribution in [2.75, 3.05) is 0 Å². The van der Waals surface area contributed by atoms with Crippen LogP contribution in [0.25, 0.3) is 0 Å². The first-order chi connectivity index (χ1) is 12.6. The van der Waals surface area contributed by atoms with Gasteiger partial charge in [-0.3, -0.25) is 20.0 Å². The standard InChI is InChI=1S/C22H22N4.4BrH.2Cu/c1-15-16(2)22(26-14-20-10-6-8-12-24-20)18(4)17(3)21(15)25-13-19-9-5-7-11-23-19;;;;;;/h5-14H,1-4H3;4*1H;;. The molecular weight excluding hydrogens is 767 g/mol. The van der Waals surface area contributed by atoms with Gasteiger partial charge < -0.3 is 0 Å². The van der Waals surface area contributed by atoms with Crippen LogP contribution in [0, 0.1) is 27.7 Å². The van der Waals surface area contributed by atoms with E-state index in [0.717, 1.165) is 45.0 Å². The second-order valence-electron chi connectivity index (χ2n) is 6.22. The van der Waals surface area contributed by atoms with Crippen molar-refractivity contribution in [3.63, 3.8) is 0 Å². The molecule has 2 radical (unpaired) electrons. The molecule has 0 saturated carbocycles. The Labute approximate surface area is 253 Å². The van der Waals surface area contributed by atoms with Crippen molar-refractivity contribution in [2.24, 2.45) is 9.98 Å². The van der Waals surface area contributed by atoms with Gasteiger partial charge in [0.1, 0.15) is 0 Å². The van der Waals surface area contributed by atoms with Crippen LogP contribution in [-0.2, 0) is 34.1 Å². The quantitative estimate of drug-likeness (QED) is 0.203. The van der Waals surface area contributed by atoms with Crippen LogP contribution in [0.2, 0.25) is 0 Å². The van der Waals surface area contributed by atoms with E-state index in [1.165, 1.54) is 0 Å². The molecule has 0 aliphatic carbocycles. The Morgan fingerprint density at radius 2 is 0.875 bits per heavy atom. The summed E-state index contributed by atoms with van der Waals surface area (Å²) in [6.07, 6.45) is 7.16. The average Bonchev–Trinajstić information content (AvgIpc) is 2.68. The van der Waals surface area contributed by atoms with Crippen LogP contribution >= 0.6 is 67.9 Å². The fourth-order valence-corrected chi connectivity index (χ4v) is 2.83. The Hall–Kier alpha value is -0.181. The average molecular weight is 793 g/mol. The van der Waals surface area contributed by atoms with Crippen LogP contribution in [0.4, 0.5) is 11.4 Å². The van der Waals surface area contributed by atoms with Gasteiger partial charge in [0.25, 0.3) is 0 Å². The minimum absolute atomic E-state index is 0. The molecule has 0 saturated heterocycles. The fraction of sp³-hybridized carbons (Fsp3) is 0.182. The molecule has 32 heavy (non-hydrogen) atoms. The number of aliphatic imine (C=N–C) groups is 2. The Bertz CT molecular complexity index is 877. The van der Waals surface area contributed by atoms with E-state index in [0.29, 0.717) is 0 Å². The summed E-state index contributed by atoms with van der Waals surface area (Å²) in [6, 6.07) is 11.6. The second-order valence-corrected chi connectivity index (χ2v) is 6.22. The van der Waals surface area contributed by atoms with Gasteiger partial charge in [0.05, 0.1) is 35.2 Å². The van der Waals surface area contributed by atoms with Crippen molar-refractivity contribution < 1.29 is 34.1 Å². The molecule has 0 amide bonds. The second kappa shape index (κ2) is 19.2. The predicted octanol–water partition coefficient (Wildman–Crippen LogP) is 7.52. The zero-order valence-corrected chi connectivity index (χ0v) is 26.5. The Morgan fingerprint density at radius 3 is 1.12 bits per heavy atom. The first kappa shape index (κ1) is 39.1. The van der Waals surface area contributed by atoms with Crippen LogP contribution in [0.1, 0.15) is 33.6 Å². The van der Waals surface area contributed by atoms with Crippen molar-refractivity contribution in [3.05, 3.63) is 82.4 Å². The smallest absolute Gasteiger partial charge is 0.0812 e. The molecule has 0 aliphatic heterocycles. The van der Waals surface area contributed by atoms with Gasteiger partial charge in [0.15, 0.2) is 0 Å². The third kappa shape index (κ3) is 9.98. The third-order valence-corrected chi connectivity index (χ3v) is 4.57. The molecule has 2 aromatic heterocycles. The molecule has 0 fully saturated rings. The van der Waals surface area contributed by atoms with Crippen molar-refractivity contribution in [2.45, 2.75) is 27.7 Å². The van der Waals surface area contributed by atoms with E-state index < -0.39 is 0 Å². The molecule has 3 rings (SSSR count). The van der Waals surface area contributed by atoms with E-state index >= 15 is 0 Å². The van der Waals surface area contributed by atoms with Gasteiger partial charge in [-0.2, -0.15) is 0 Å². The summed E-state index contributed by atoms with van der Waals surface area (Å²) in [5, 5.41) is 0. The summed E-state index contributed by atoms with van der Waals surface area (Å²) < 4.78 is 0. The molecule has 0 atom stereocenters. The summed E-state index contributed by atoms with van der Waals surface area (Å²) in [6.45, 7) is 8.36. The van der Waals surface area contributed by atoms with E-state index in [9.17, 15) is 0 Å². The van der Waals surface area contributed by atoms with Crippen molar-refractivity contribution in [3.8, 4) is 0 Å². The van der Waals surface area contributed by atoms with Gasteiger partial charge >= 0.3 is 0 Å². The van der Waals surface area contributed by atoms with Gasteiger partial charge in [-0.1, -0.05) is 12.1 Å². The molecule has 0 spiro atoms. The van der Waals surface area contributed by atoms with E-state index in [4.69, 9.17) is 9.98 Å². The molecule has 2 heterocycles. The fourth-order valence-electron chi connectivity index (χ4n) is 2.83. The molecule has 1 aromatic carbocycles. The zero-order valence-electron chi connectivity index (χ0n) is 17.8. The molecule has 0 aliphatic rings. The summed E-state index contributed by atoms with van der Waals surface area (Å²) in [5.74, 6) is 0. The van der Waals surface area contributed by atoms with Gasteiger partial charge in [0.2, 0.25) is 0 Å². The maximum Gasteiger partial charge on any atom is 0.0812 e. The number of pyridine rings is 2. The summed E-state index contributed by atoms with van der Waals surface area (Å²) in [4.78, 5) is 18.0. The Balaban J connectivity index is -0.000000653. The number of rotatable bonds is 4. The van der Waals surface area contributed by atoms with Gasteiger partial charge in [-0.25, -0.2) is 0 Å². The van der Waals surface area contributed by atoms with Crippen LogP contribution in [0.5, 0.6) is 0 Å². The summed E-state index contributed by atoms with van der Waals surface area (Å²) in [7, 11) is 0. The van der Waals surface area contributed by atoms with Gasteiger partial charge in [-0.15, -0.1) is 67.9 Å². The summed E-state index contributed by atoms with van der Waals surface area (Å²) in [5.41, 5.74) is 8.20. The first-order valence-electron chi connectivity index (χ1n) is 8.58. The number of halogens is 4. The number of benzene rings is 1. The third-order valence-electron chi connectivity index (χ3n) is 4.57. The van der Waals surface area contributed by atoms with Gasteiger partial charge in [-0.05, 0) is 74.2 Å². The molecule has 0 unspecified atom stereocenters. The van der Waals surface area contributed by atoms with Crippen LogP contribution in [-0.4, -0.2) is 22.4 Å². The normalized spacial score (nSPS) is 9.38. The van der Waals surface area contributed by atoms with Crippen LogP contribution in [0.15, 0.2) is 58.8 Å². The minimum Gasteiger partial charge on any atom is -0.255 e. The molecule has 4 nitrogen and oxygen atoms in total. The van der Waals surface area contributed by atoms with Crippen LogP contribution in [0.3, 0.4) is 0 Å². The van der Waals surface area contributed by atoms with Gasteiger partial charge in [0, 0.05) is 46.5 Å². The largest absolute Gasteiger partial charge is 0.255 e. The maximum atomic E-state index is 4.70. The molecule has 0 N–H and O–H groups in total. The number of hydrogen-bond donors (Lipinski definition) is 0. The van der Waals surface area contributed by atoms with Crippen LogP contribution < -0.4 is 0 Å². The maximum absolute atomic E-state index is 4.70. The van der Waals surface area contributed by atoms with Crippen molar-refractivity contribution in [1.29, 1.82) is 0 Å². The van der Waals surface area contributed by atoms with Crippen molar-refractivity contribution in [1.82, 2.24) is 9.97 Å². The molecule has 3 aromatic rings. The first-order valence-corrected chi connectivity index (χ1v) is 8.58. The Kier molecular flexibility index (Phi) is 23.4. The number of nitrogens with zero attached hydrogens (tertiary/aromatic N) is 4. The minimum atomic E-state index is 0. The number of hydrogen-bond acceptors (Lipinski definition) is 4. The number of aromatic nitrogens is 2. The summed E-state index contributed by atoms with van der Waals surface area (Å²) >= 11 is 0. The molecular formula is C22H26Br4Cu2N4.